The first kappa shape index (κ1) is 17.0. The number of morpholine rings is 1. The van der Waals surface area contributed by atoms with E-state index in [1.165, 1.54) is 6.33 Å². The highest BCUT2D eigenvalue weighted by atomic mass is 31.2. The molecule has 132 valence electrons. The van der Waals surface area contributed by atoms with E-state index < -0.39 is 25.7 Å². The van der Waals surface area contributed by atoms with Crippen molar-refractivity contribution in [1.29, 1.82) is 0 Å². The van der Waals surface area contributed by atoms with Crippen LogP contribution in [0.3, 0.4) is 0 Å². The number of nitrogens with two attached hydrogens (primary N) is 1. The number of phosphoric acid groups is 1. The fourth-order valence-electron chi connectivity index (χ4n) is 2.58. The van der Waals surface area contributed by atoms with Gasteiger partial charge in [-0.15, -0.1) is 0 Å². The lowest BCUT2D eigenvalue weighted by atomic mass is 10.3. The van der Waals surface area contributed by atoms with Crippen molar-refractivity contribution in [3.05, 3.63) is 16.7 Å². The monoisotopic (exact) mass is 360 g/mol. The van der Waals surface area contributed by atoms with Crippen molar-refractivity contribution in [3.63, 3.8) is 0 Å². The molecule has 2 aromatic rings. The maximum absolute atomic E-state index is 11.8. The molecule has 2 aromatic heterocycles. The molecule has 1 saturated heterocycles. The molecule has 3 rings (SSSR count). The van der Waals surface area contributed by atoms with Gasteiger partial charge >= 0.3 is 7.82 Å². The number of aromatic amines is 1. The van der Waals surface area contributed by atoms with E-state index in [9.17, 15) is 9.36 Å². The van der Waals surface area contributed by atoms with Gasteiger partial charge in [0.25, 0.3) is 5.56 Å². The third-order valence-electron chi connectivity index (χ3n) is 3.52. The van der Waals surface area contributed by atoms with Gasteiger partial charge in [-0.1, -0.05) is 0 Å². The fourth-order valence-corrected chi connectivity index (χ4v) is 2.94. The smallest absolute Gasteiger partial charge is 0.369 e. The number of hydrogen-bond donors (Lipinski definition) is 4. The van der Waals surface area contributed by atoms with E-state index in [-0.39, 0.29) is 23.7 Å². The first-order chi connectivity index (χ1) is 11.2. The average Bonchev–Trinajstić information content (AvgIpc) is 2.88. The van der Waals surface area contributed by atoms with Crippen molar-refractivity contribution in [1.82, 2.24) is 24.4 Å². The molecule has 0 amide bonds. The molecule has 0 aromatic carbocycles. The van der Waals surface area contributed by atoms with Gasteiger partial charge in [0.15, 0.2) is 11.2 Å². The summed E-state index contributed by atoms with van der Waals surface area (Å²) in [6, 6.07) is 0. The number of phosphoric ester groups is 1. The highest BCUT2D eigenvalue weighted by Crippen LogP contribution is 2.36. The quantitative estimate of drug-likeness (QED) is 0.478. The van der Waals surface area contributed by atoms with Crippen LogP contribution in [-0.4, -0.2) is 67.1 Å². The second-order valence-electron chi connectivity index (χ2n) is 5.50. The van der Waals surface area contributed by atoms with Gasteiger partial charge in [0.2, 0.25) is 5.95 Å². The predicted molar refractivity (Wildman–Crippen MR) is 82.0 cm³/mol. The van der Waals surface area contributed by atoms with Crippen LogP contribution >= 0.6 is 7.82 Å². The highest BCUT2D eigenvalue weighted by molar-refractivity contribution is 7.46. The van der Waals surface area contributed by atoms with E-state index in [1.807, 2.05) is 11.9 Å². The molecule has 1 fully saturated rings. The van der Waals surface area contributed by atoms with Crippen LogP contribution in [0.1, 0.15) is 6.23 Å². The number of likely N-dealkylation sites (N-methyl/N-ethyl adjacent to an activating group) is 1. The zero-order chi connectivity index (χ0) is 17.5. The van der Waals surface area contributed by atoms with Crippen LogP contribution in [0.25, 0.3) is 11.2 Å². The van der Waals surface area contributed by atoms with Crippen molar-refractivity contribution in [2.75, 3.05) is 32.5 Å². The summed E-state index contributed by atoms with van der Waals surface area (Å²) in [4.78, 5) is 41.8. The Kier molecular flexibility index (Phi) is 4.42. The topological polar surface area (TPSA) is 169 Å². The molecule has 1 aliphatic rings. The molecule has 12 nitrogen and oxygen atoms in total. The Balaban J connectivity index is 1.86. The van der Waals surface area contributed by atoms with Gasteiger partial charge in [-0.25, -0.2) is 9.55 Å². The first-order valence-electron chi connectivity index (χ1n) is 6.99. The maximum Gasteiger partial charge on any atom is 0.469 e. The van der Waals surface area contributed by atoms with Gasteiger partial charge in [0, 0.05) is 13.1 Å². The Bertz CT molecular complexity index is 845. The maximum atomic E-state index is 11.8. The normalized spacial score (nSPS) is 23.0. The molecule has 24 heavy (non-hydrogen) atoms. The van der Waals surface area contributed by atoms with Crippen molar-refractivity contribution < 1.29 is 23.6 Å². The van der Waals surface area contributed by atoms with Crippen LogP contribution in [-0.2, 0) is 13.8 Å². The minimum Gasteiger partial charge on any atom is -0.369 e. The van der Waals surface area contributed by atoms with Gasteiger partial charge in [0.1, 0.15) is 6.23 Å². The van der Waals surface area contributed by atoms with Crippen molar-refractivity contribution in [2.45, 2.75) is 12.3 Å². The van der Waals surface area contributed by atoms with Gasteiger partial charge in [-0.3, -0.25) is 23.8 Å². The Morgan fingerprint density at radius 2 is 2.29 bits per heavy atom. The number of rotatable bonds is 4. The number of nitrogens with one attached hydrogen (secondary N) is 1. The summed E-state index contributed by atoms with van der Waals surface area (Å²) in [7, 11) is -2.75. The summed E-state index contributed by atoms with van der Waals surface area (Å²) in [5.41, 5.74) is 5.51. The average molecular weight is 360 g/mol. The minimum atomic E-state index is -4.58. The minimum absolute atomic E-state index is 0.0419. The Hall–Kier alpha value is -1.82. The number of nitrogen functional groups attached to an aromatic ring is 1. The van der Waals surface area contributed by atoms with Gasteiger partial charge in [0.05, 0.1) is 19.0 Å². The number of anilines is 1. The molecular formula is C11H17N6O6P. The zero-order valence-corrected chi connectivity index (χ0v) is 13.6. The Morgan fingerprint density at radius 3 is 3.00 bits per heavy atom. The van der Waals surface area contributed by atoms with Crippen LogP contribution < -0.4 is 11.3 Å². The molecule has 5 N–H and O–H groups in total. The molecule has 13 heteroatoms. The van der Waals surface area contributed by atoms with Gasteiger partial charge < -0.3 is 20.3 Å². The van der Waals surface area contributed by atoms with Crippen molar-refractivity contribution in [2.24, 2.45) is 0 Å². The van der Waals surface area contributed by atoms with Crippen molar-refractivity contribution >= 4 is 24.9 Å². The standard InChI is InChI=1S/C11H17N6O6P/c1-16-2-6(4-22-24(19,20)21)23-7(3-16)17-5-13-8-9(17)14-11(12)15-10(8)18/h5-7H,2-4H2,1H3,(H2,19,20,21)(H3,12,14,15,18)/t6?,7-/m1/s1. The number of aromatic nitrogens is 4. The van der Waals surface area contributed by atoms with Crippen LogP contribution in [0.15, 0.2) is 11.1 Å². The predicted octanol–water partition coefficient (Wildman–Crippen LogP) is -1.36. The lowest BCUT2D eigenvalue weighted by Crippen LogP contribution is -2.45. The Labute approximate surface area is 135 Å². The number of ether oxygens (including phenoxy) is 1. The third-order valence-corrected chi connectivity index (χ3v) is 4.01. The summed E-state index contributed by atoms with van der Waals surface area (Å²) < 4.78 is 22.7. The van der Waals surface area contributed by atoms with Crippen LogP contribution in [0, 0.1) is 0 Å². The second-order valence-corrected chi connectivity index (χ2v) is 6.73. The molecule has 0 bridgehead atoms. The van der Waals surface area contributed by atoms with Crippen LogP contribution in [0.4, 0.5) is 5.95 Å². The third kappa shape index (κ3) is 3.64. The number of imidazole rings is 1. The van der Waals surface area contributed by atoms with E-state index in [1.54, 1.807) is 4.57 Å². The van der Waals surface area contributed by atoms with E-state index in [0.29, 0.717) is 13.1 Å². The zero-order valence-electron chi connectivity index (χ0n) is 12.7. The number of fused-ring (bicyclic) bond motifs is 1. The van der Waals surface area contributed by atoms with Crippen LogP contribution in [0.2, 0.25) is 0 Å². The molecule has 0 spiro atoms. The Morgan fingerprint density at radius 1 is 1.54 bits per heavy atom. The summed E-state index contributed by atoms with van der Waals surface area (Å²) in [5, 5.41) is 0. The number of hydrogen-bond acceptors (Lipinski definition) is 8. The van der Waals surface area contributed by atoms with Gasteiger partial charge in [-0.2, -0.15) is 4.98 Å². The van der Waals surface area contributed by atoms with E-state index >= 15 is 0 Å². The second kappa shape index (κ2) is 6.24. The molecule has 1 aliphatic heterocycles. The van der Waals surface area contributed by atoms with Gasteiger partial charge in [-0.05, 0) is 7.05 Å². The van der Waals surface area contributed by atoms with E-state index in [4.69, 9.17) is 20.3 Å². The largest absolute Gasteiger partial charge is 0.469 e. The molecule has 3 heterocycles. The van der Waals surface area contributed by atoms with Crippen LogP contribution in [0.5, 0.6) is 0 Å². The van der Waals surface area contributed by atoms with E-state index in [0.717, 1.165) is 0 Å². The van der Waals surface area contributed by atoms with Crippen molar-refractivity contribution in [3.8, 4) is 0 Å². The molecule has 2 atom stereocenters. The SMILES string of the molecule is CN1CC(COP(=O)(O)O)O[C@@H](n2cnc3c(=O)[nH]c(N)nc32)C1. The van der Waals surface area contributed by atoms with E-state index in [2.05, 4.69) is 19.5 Å². The number of nitrogens with zero attached hydrogens (tertiary/aromatic N) is 4. The molecule has 0 aliphatic carbocycles. The lowest BCUT2D eigenvalue weighted by Gasteiger charge is -2.36. The molecule has 1 unspecified atom stereocenters. The molecular weight excluding hydrogens is 343 g/mol. The first-order valence-corrected chi connectivity index (χ1v) is 8.52. The lowest BCUT2D eigenvalue weighted by molar-refractivity contribution is -0.126. The summed E-state index contributed by atoms with van der Waals surface area (Å²) in [6.45, 7) is 0.624. The fraction of sp³-hybridized carbons (Fsp3) is 0.545. The summed E-state index contributed by atoms with van der Waals surface area (Å²) >= 11 is 0. The summed E-state index contributed by atoms with van der Waals surface area (Å²) in [5.74, 6) is -0.0419. The number of H-pyrrole nitrogens is 1. The highest BCUT2D eigenvalue weighted by Gasteiger charge is 2.30. The molecule has 0 radical (unpaired) electrons. The molecule has 0 saturated carbocycles. The summed E-state index contributed by atoms with van der Waals surface area (Å²) in [6.07, 6.45) is 0.280.